The third kappa shape index (κ3) is 0.795. The first-order valence-electron chi connectivity index (χ1n) is 3.74. The van der Waals surface area contributed by atoms with E-state index in [2.05, 4.69) is 28.7 Å². The predicted molar refractivity (Wildman–Crippen MR) is 47.9 cm³/mol. The molecule has 3 fully saturated rings. The standard InChI is InChI=1S/C8H10IN/c9-8-4-7(5-8,6-8)2-1-3-10/h1-2,4-6H2. The number of hydrogen-bond donors (Lipinski definition) is 0. The summed E-state index contributed by atoms with van der Waals surface area (Å²) in [6.07, 6.45) is 6.10. The number of nitriles is 1. The number of hydrogen-bond acceptors (Lipinski definition) is 1. The summed E-state index contributed by atoms with van der Waals surface area (Å²) < 4.78 is 0.688. The van der Waals surface area contributed by atoms with Gasteiger partial charge in [0.15, 0.2) is 0 Å². The van der Waals surface area contributed by atoms with Crippen LogP contribution in [0.3, 0.4) is 0 Å². The monoisotopic (exact) mass is 247 g/mol. The third-order valence-electron chi connectivity index (χ3n) is 2.84. The van der Waals surface area contributed by atoms with Crippen LogP contribution in [-0.4, -0.2) is 3.42 Å². The Balaban J connectivity index is 1.83. The minimum absolute atomic E-state index is 0.650. The maximum atomic E-state index is 8.38. The smallest absolute Gasteiger partial charge is 0.0621 e. The van der Waals surface area contributed by atoms with Gasteiger partial charge in [-0.3, -0.25) is 0 Å². The van der Waals surface area contributed by atoms with Crippen molar-refractivity contribution >= 4 is 22.6 Å². The maximum Gasteiger partial charge on any atom is 0.0621 e. The van der Waals surface area contributed by atoms with Crippen LogP contribution in [-0.2, 0) is 0 Å². The maximum absolute atomic E-state index is 8.38. The lowest BCUT2D eigenvalue weighted by Crippen LogP contribution is -2.62. The van der Waals surface area contributed by atoms with Gasteiger partial charge in [0.1, 0.15) is 0 Å². The largest absolute Gasteiger partial charge is 0.198 e. The number of alkyl halides is 1. The van der Waals surface area contributed by atoms with E-state index in [1.165, 1.54) is 19.3 Å². The highest BCUT2D eigenvalue weighted by Gasteiger charge is 2.65. The zero-order valence-electron chi connectivity index (χ0n) is 5.86. The van der Waals surface area contributed by atoms with Gasteiger partial charge in [0.05, 0.1) is 6.07 Å². The van der Waals surface area contributed by atoms with Gasteiger partial charge in [0.2, 0.25) is 0 Å². The molecule has 0 saturated heterocycles. The highest BCUT2D eigenvalue weighted by Crippen LogP contribution is 2.73. The molecule has 10 heavy (non-hydrogen) atoms. The zero-order valence-corrected chi connectivity index (χ0v) is 8.02. The number of rotatable bonds is 2. The Kier molecular flexibility index (Phi) is 1.30. The topological polar surface area (TPSA) is 23.8 Å². The van der Waals surface area contributed by atoms with Gasteiger partial charge in [-0.1, -0.05) is 22.6 Å². The molecule has 3 rings (SSSR count). The SMILES string of the molecule is N#CCCC12CC(I)(C1)C2. The van der Waals surface area contributed by atoms with E-state index in [1.807, 2.05) is 0 Å². The van der Waals surface area contributed by atoms with Gasteiger partial charge in [0, 0.05) is 9.84 Å². The van der Waals surface area contributed by atoms with E-state index in [-0.39, 0.29) is 0 Å². The van der Waals surface area contributed by atoms with Gasteiger partial charge in [-0.25, -0.2) is 0 Å². The minimum atomic E-state index is 0.650. The van der Waals surface area contributed by atoms with Gasteiger partial charge in [0.25, 0.3) is 0 Å². The Hall–Kier alpha value is 0.220. The summed E-state index contributed by atoms with van der Waals surface area (Å²) >= 11 is 2.57. The molecule has 2 heteroatoms. The van der Waals surface area contributed by atoms with Gasteiger partial charge < -0.3 is 0 Å². The van der Waals surface area contributed by atoms with Crippen molar-refractivity contribution in [1.82, 2.24) is 0 Å². The summed E-state index contributed by atoms with van der Waals surface area (Å²) in [6.45, 7) is 0. The molecule has 0 aromatic carbocycles. The van der Waals surface area contributed by atoms with Crippen molar-refractivity contribution in [1.29, 1.82) is 5.26 Å². The van der Waals surface area contributed by atoms with Crippen molar-refractivity contribution in [3.63, 3.8) is 0 Å². The fourth-order valence-corrected chi connectivity index (χ4v) is 4.87. The highest BCUT2D eigenvalue weighted by atomic mass is 127. The first kappa shape index (κ1) is 6.90. The van der Waals surface area contributed by atoms with Crippen LogP contribution in [0.5, 0.6) is 0 Å². The molecule has 0 heterocycles. The molecule has 0 unspecified atom stereocenters. The average molecular weight is 247 g/mol. The first-order valence-corrected chi connectivity index (χ1v) is 4.82. The summed E-state index contributed by atoms with van der Waals surface area (Å²) in [5, 5.41) is 8.38. The molecule has 3 aliphatic rings. The van der Waals surface area contributed by atoms with Crippen LogP contribution in [0, 0.1) is 16.7 Å². The van der Waals surface area contributed by atoms with Crippen LogP contribution >= 0.6 is 22.6 Å². The summed E-state index contributed by atoms with van der Waals surface area (Å²) in [5.74, 6) is 0. The lowest BCUT2D eigenvalue weighted by atomic mass is 9.43. The molecule has 54 valence electrons. The molecule has 3 aliphatic carbocycles. The van der Waals surface area contributed by atoms with E-state index in [9.17, 15) is 0 Å². The van der Waals surface area contributed by atoms with E-state index < -0.39 is 0 Å². The lowest BCUT2D eigenvalue weighted by molar-refractivity contribution is -0.0681. The van der Waals surface area contributed by atoms with Gasteiger partial charge in [-0.15, -0.1) is 0 Å². The second kappa shape index (κ2) is 1.88. The highest BCUT2D eigenvalue weighted by molar-refractivity contribution is 14.1. The lowest BCUT2D eigenvalue weighted by Gasteiger charge is -2.68. The van der Waals surface area contributed by atoms with Gasteiger partial charge in [-0.05, 0) is 31.1 Å². The van der Waals surface area contributed by atoms with Crippen molar-refractivity contribution in [3.05, 3.63) is 0 Å². The molecular weight excluding hydrogens is 237 g/mol. The molecule has 0 N–H and O–H groups in total. The Morgan fingerprint density at radius 1 is 1.40 bits per heavy atom. The molecule has 2 bridgehead atoms. The van der Waals surface area contributed by atoms with Crippen LogP contribution in [0.1, 0.15) is 32.1 Å². The van der Waals surface area contributed by atoms with E-state index in [1.54, 1.807) is 0 Å². The Morgan fingerprint density at radius 3 is 2.40 bits per heavy atom. The quantitative estimate of drug-likeness (QED) is 0.543. The van der Waals surface area contributed by atoms with Crippen molar-refractivity contribution < 1.29 is 0 Å². The fraction of sp³-hybridized carbons (Fsp3) is 0.875. The van der Waals surface area contributed by atoms with E-state index in [0.717, 1.165) is 12.8 Å². The van der Waals surface area contributed by atoms with Crippen LogP contribution in [0.2, 0.25) is 0 Å². The van der Waals surface area contributed by atoms with Crippen molar-refractivity contribution in [2.75, 3.05) is 0 Å². The number of halogens is 1. The summed E-state index contributed by atoms with van der Waals surface area (Å²) in [5.41, 5.74) is 0.650. The van der Waals surface area contributed by atoms with Crippen molar-refractivity contribution in [2.24, 2.45) is 5.41 Å². The van der Waals surface area contributed by atoms with E-state index >= 15 is 0 Å². The summed E-state index contributed by atoms with van der Waals surface area (Å²) in [7, 11) is 0. The molecule has 0 spiro atoms. The normalized spacial score (nSPS) is 48.8. The van der Waals surface area contributed by atoms with Gasteiger partial charge >= 0.3 is 0 Å². The molecule has 0 atom stereocenters. The first-order chi connectivity index (χ1) is 4.68. The van der Waals surface area contributed by atoms with Crippen molar-refractivity contribution in [3.8, 4) is 6.07 Å². The molecule has 0 aliphatic heterocycles. The Morgan fingerprint density at radius 2 is 2.00 bits per heavy atom. The molecule has 0 aromatic heterocycles. The molecule has 1 nitrogen and oxygen atoms in total. The molecule has 0 amide bonds. The minimum Gasteiger partial charge on any atom is -0.198 e. The second-order valence-electron chi connectivity index (χ2n) is 3.84. The Labute approximate surface area is 74.9 Å². The van der Waals surface area contributed by atoms with E-state index in [4.69, 9.17) is 5.26 Å². The zero-order chi connectivity index (χ0) is 7.24. The van der Waals surface area contributed by atoms with Crippen LogP contribution in [0.4, 0.5) is 0 Å². The molecule has 3 saturated carbocycles. The molecular formula is C8H10IN. The number of nitrogens with zero attached hydrogens (tertiary/aromatic N) is 1. The third-order valence-corrected chi connectivity index (χ3v) is 3.99. The Bertz CT molecular complexity index is 184. The summed E-state index contributed by atoms with van der Waals surface area (Å²) in [4.78, 5) is 0. The molecule has 0 radical (unpaired) electrons. The van der Waals surface area contributed by atoms with Crippen LogP contribution < -0.4 is 0 Å². The second-order valence-corrected chi connectivity index (χ2v) is 6.13. The van der Waals surface area contributed by atoms with E-state index in [0.29, 0.717) is 8.84 Å². The van der Waals surface area contributed by atoms with Gasteiger partial charge in [-0.2, -0.15) is 5.26 Å². The predicted octanol–water partition coefficient (Wildman–Crippen LogP) is 2.65. The fourth-order valence-electron chi connectivity index (χ4n) is 2.45. The molecule has 0 aromatic rings. The van der Waals surface area contributed by atoms with Crippen molar-refractivity contribution in [2.45, 2.75) is 35.5 Å². The average Bonchev–Trinajstić information content (AvgIpc) is 1.75. The van der Waals surface area contributed by atoms with Crippen LogP contribution in [0.15, 0.2) is 0 Å². The van der Waals surface area contributed by atoms with Crippen LogP contribution in [0.25, 0.3) is 0 Å². The summed E-state index contributed by atoms with van der Waals surface area (Å²) in [6, 6.07) is 2.23.